The third-order valence-electron chi connectivity index (χ3n) is 3.62. The zero-order valence-electron chi connectivity index (χ0n) is 10.8. The molecule has 1 aromatic rings. The van der Waals surface area contributed by atoms with Gasteiger partial charge < -0.3 is 10.1 Å². The lowest BCUT2D eigenvalue weighted by molar-refractivity contribution is 0.0156. The molecule has 1 saturated carbocycles. The highest BCUT2D eigenvalue weighted by atomic mass is 16.5. The van der Waals surface area contributed by atoms with Gasteiger partial charge in [-0.05, 0) is 32.1 Å². The van der Waals surface area contributed by atoms with Gasteiger partial charge >= 0.3 is 0 Å². The van der Waals surface area contributed by atoms with E-state index in [2.05, 4.69) is 15.3 Å². The molecule has 0 amide bonds. The van der Waals surface area contributed by atoms with Crippen LogP contribution >= 0.6 is 0 Å². The zero-order chi connectivity index (χ0) is 12.2. The zero-order valence-corrected chi connectivity index (χ0v) is 10.8. The van der Waals surface area contributed by atoms with Crippen molar-refractivity contribution in [1.82, 2.24) is 15.3 Å². The van der Waals surface area contributed by atoms with E-state index < -0.39 is 0 Å². The van der Waals surface area contributed by atoms with E-state index in [4.69, 9.17) is 4.74 Å². The summed E-state index contributed by atoms with van der Waals surface area (Å²) in [5.74, 6) is 0.914. The van der Waals surface area contributed by atoms with Crippen LogP contribution in [0.3, 0.4) is 0 Å². The average Bonchev–Trinajstić information content (AvgIpc) is 3.23. The first kappa shape index (κ1) is 12.1. The maximum atomic E-state index is 5.71. The highest BCUT2D eigenvalue weighted by Crippen LogP contribution is 2.19. The summed E-state index contributed by atoms with van der Waals surface area (Å²) in [6, 6.07) is 0.736. The molecule has 98 valence electrons. The number of hydrogen-bond donors (Lipinski definition) is 1. The van der Waals surface area contributed by atoms with Crippen molar-refractivity contribution >= 4 is 0 Å². The Hall–Kier alpha value is -1.00. The Morgan fingerprint density at radius 3 is 2.67 bits per heavy atom. The fraction of sp³-hybridized carbons (Fsp3) is 0.714. The Labute approximate surface area is 108 Å². The van der Waals surface area contributed by atoms with Crippen LogP contribution in [0.1, 0.15) is 43.5 Å². The quantitative estimate of drug-likeness (QED) is 0.862. The van der Waals surface area contributed by atoms with Crippen molar-refractivity contribution in [3.63, 3.8) is 0 Å². The molecule has 1 atom stereocenters. The van der Waals surface area contributed by atoms with E-state index in [1.54, 1.807) is 0 Å². The Kier molecular flexibility index (Phi) is 3.86. The van der Waals surface area contributed by atoms with Gasteiger partial charge in [-0.25, -0.2) is 9.97 Å². The second kappa shape index (κ2) is 5.76. The van der Waals surface area contributed by atoms with Crippen molar-refractivity contribution in [1.29, 1.82) is 0 Å². The molecule has 4 heteroatoms. The summed E-state index contributed by atoms with van der Waals surface area (Å²) in [6.45, 7) is 1.79. The number of hydrogen-bond acceptors (Lipinski definition) is 4. The first-order valence-corrected chi connectivity index (χ1v) is 7.05. The summed E-state index contributed by atoms with van der Waals surface area (Å²) >= 11 is 0. The van der Waals surface area contributed by atoms with Crippen LogP contribution in [0.15, 0.2) is 12.4 Å². The lowest BCUT2D eigenvalue weighted by atomic mass is 10.1. The average molecular weight is 247 g/mol. The molecule has 2 aliphatic rings. The van der Waals surface area contributed by atoms with Crippen LogP contribution in [-0.4, -0.2) is 28.7 Å². The van der Waals surface area contributed by atoms with E-state index in [1.165, 1.54) is 31.2 Å². The van der Waals surface area contributed by atoms with Gasteiger partial charge in [-0.2, -0.15) is 0 Å². The Bertz CT molecular complexity index is 369. The van der Waals surface area contributed by atoms with Crippen LogP contribution in [-0.2, 0) is 17.7 Å². The molecule has 18 heavy (non-hydrogen) atoms. The maximum absolute atomic E-state index is 5.71. The van der Waals surface area contributed by atoms with E-state index in [-0.39, 0.29) is 0 Å². The summed E-state index contributed by atoms with van der Waals surface area (Å²) in [4.78, 5) is 8.88. The molecule has 0 radical (unpaired) electrons. The Morgan fingerprint density at radius 1 is 1.17 bits per heavy atom. The Balaban J connectivity index is 1.49. The van der Waals surface area contributed by atoms with Crippen molar-refractivity contribution in [2.24, 2.45) is 0 Å². The summed E-state index contributed by atoms with van der Waals surface area (Å²) in [5.41, 5.74) is 1.18. The minimum absolute atomic E-state index is 0.328. The molecular weight excluding hydrogens is 226 g/mol. The minimum Gasteiger partial charge on any atom is -0.378 e. The predicted molar refractivity (Wildman–Crippen MR) is 69.2 cm³/mol. The highest BCUT2D eigenvalue weighted by Gasteiger charge is 2.20. The lowest BCUT2D eigenvalue weighted by Crippen LogP contribution is -2.22. The molecule has 0 spiro atoms. The number of nitrogens with zero attached hydrogens (tertiary/aromatic N) is 2. The molecule has 2 fully saturated rings. The van der Waals surface area contributed by atoms with Gasteiger partial charge in [0.25, 0.3) is 0 Å². The van der Waals surface area contributed by atoms with Gasteiger partial charge in [0.15, 0.2) is 0 Å². The standard InChI is InChI=1S/C14H21N3O/c1-2-6-18-13(3-1)7-14-16-9-11(10-17-14)8-15-12-4-5-12/h9-10,12-13,15H,1-8H2. The molecule has 1 aliphatic heterocycles. The second-order valence-corrected chi connectivity index (χ2v) is 5.36. The molecule has 0 bridgehead atoms. The van der Waals surface area contributed by atoms with Gasteiger partial charge in [0.05, 0.1) is 6.10 Å². The number of nitrogens with one attached hydrogen (secondary N) is 1. The molecule has 1 N–H and O–H groups in total. The van der Waals surface area contributed by atoms with Crippen LogP contribution in [0, 0.1) is 0 Å². The fourth-order valence-corrected chi connectivity index (χ4v) is 2.30. The lowest BCUT2D eigenvalue weighted by Gasteiger charge is -2.21. The van der Waals surface area contributed by atoms with Crippen molar-refractivity contribution in [3.05, 3.63) is 23.8 Å². The van der Waals surface area contributed by atoms with Gasteiger partial charge in [-0.3, -0.25) is 0 Å². The fourth-order valence-electron chi connectivity index (χ4n) is 2.30. The molecule has 1 aromatic heterocycles. The molecule has 4 nitrogen and oxygen atoms in total. The topological polar surface area (TPSA) is 47.0 Å². The summed E-state index contributed by atoms with van der Waals surface area (Å²) in [6.07, 6.45) is 11.3. The predicted octanol–water partition coefficient (Wildman–Crippen LogP) is 1.84. The van der Waals surface area contributed by atoms with Crippen molar-refractivity contribution in [2.45, 2.75) is 57.2 Å². The van der Waals surface area contributed by atoms with Crippen LogP contribution in [0.2, 0.25) is 0 Å². The van der Waals surface area contributed by atoms with Crippen molar-refractivity contribution < 1.29 is 4.74 Å². The number of ether oxygens (including phenoxy) is 1. The van der Waals surface area contributed by atoms with Crippen LogP contribution < -0.4 is 5.32 Å². The second-order valence-electron chi connectivity index (χ2n) is 5.36. The highest BCUT2D eigenvalue weighted by molar-refractivity contribution is 5.06. The van der Waals surface area contributed by atoms with E-state index in [0.717, 1.165) is 37.9 Å². The van der Waals surface area contributed by atoms with Gasteiger partial charge in [-0.1, -0.05) is 0 Å². The van der Waals surface area contributed by atoms with Crippen LogP contribution in [0.5, 0.6) is 0 Å². The smallest absolute Gasteiger partial charge is 0.130 e. The normalized spacial score (nSPS) is 24.1. The number of aromatic nitrogens is 2. The third kappa shape index (κ3) is 3.50. The van der Waals surface area contributed by atoms with E-state index in [9.17, 15) is 0 Å². The van der Waals surface area contributed by atoms with Crippen molar-refractivity contribution in [2.75, 3.05) is 6.61 Å². The van der Waals surface area contributed by atoms with Gasteiger partial charge in [-0.15, -0.1) is 0 Å². The Morgan fingerprint density at radius 2 is 2.00 bits per heavy atom. The van der Waals surface area contributed by atoms with E-state index in [1.807, 2.05) is 12.4 Å². The number of rotatable bonds is 5. The third-order valence-corrected chi connectivity index (χ3v) is 3.62. The summed E-state index contributed by atoms with van der Waals surface area (Å²) in [7, 11) is 0. The van der Waals surface area contributed by atoms with E-state index >= 15 is 0 Å². The maximum Gasteiger partial charge on any atom is 0.130 e. The molecule has 1 aliphatic carbocycles. The summed E-state index contributed by atoms with van der Waals surface area (Å²) < 4.78 is 5.71. The molecule has 1 unspecified atom stereocenters. The largest absolute Gasteiger partial charge is 0.378 e. The first-order valence-electron chi connectivity index (χ1n) is 7.05. The van der Waals surface area contributed by atoms with Gasteiger partial charge in [0.1, 0.15) is 5.82 Å². The SMILES string of the molecule is c1nc(CC2CCCCO2)ncc1CNC1CC1. The molecule has 3 rings (SSSR count). The molecular formula is C14H21N3O. The van der Waals surface area contributed by atoms with Gasteiger partial charge in [0, 0.05) is 43.6 Å². The molecule has 2 heterocycles. The minimum atomic E-state index is 0.328. The van der Waals surface area contributed by atoms with Crippen LogP contribution in [0.4, 0.5) is 0 Å². The first-order chi connectivity index (χ1) is 8.90. The van der Waals surface area contributed by atoms with E-state index in [0.29, 0.717) is 6.10 Å². The molecule has 1 saturated heterocycles. The summed E-state index contributed by atoms with van der Waals surface area (Å²) in [5, 5.41) is 3.47. The van der Waals surface area contributed by atoms with Gasteiger partial charge in [0.2, 0.25) is 0 Å². The van der Waals surface area contributed by atoms with Crippen molar-refractivity contribution in [3.8, 4) is 0 Å². The monoisotopic (exact) mass is 247 g/mol. The van der Waals surface area contributed by atoms with Crippen LogP contribution in [0.25, 0.3) is 0 Å². The molecule has 0 aromatic carbocycles.